The summed E-state index contributed by atoms with van der Waals surface area (Å²) in [4.78, 5) is 12.0. The molecule has 0 atom stereocenters. The van der Waals surface area contributed by atoms with Gasteiger partial charge in [-0.05, 0) is 36.6 Å². The van der Waals surface area contributed by atoms with Gasteiger partial charge in [-0.2, -0.15) is 0 Å². The number of carbonyl (C=O) groups is 1. The highest BCUT2D eigenvalue weighted by Crippen LogP contribution is 2.24. The number of benzene rings is 2. The van der Waals surface area contributed by atoms with Crippen molar-refractivity contribution in [2.75, 3.05) is 7.11 Å². The first-order valence-corrected chi connectivity index (χ1v) is 7.40. The van der Waals surface area contributed by atoms with Gasteiger partial charge in [-0.1, -0.05) is 46.3 Å². The summed E-state index contributed by atoms with van der Waals surface area (Å²) in [5.74, 6) is 1.04. The van der Waals surface area contributed by atoms with Gasteiger partial charge in [0, 0.05) is 16.5 Å². The lowest BCUT2D eigenvalue weighted by Crippen LogP contribution is -2.00. The summed E-state index contributed by atoms with van der Waals surface area (Å²) < 4.78 is 6.28. The summed E-state index contributed by atoms with van der Waals surface area (Å²) in [6, 6.07) is 15.3. The van der Waals surface area contributed by atoms with Crippen molar-refractivity contribution in [2.45, 2.75) is 19.3 Å². The number of carbonyl (C=O) groups excluding carboxylic acids is 1. The second kappa shape index (κ2) is 7.25. The minimum atomic E-state index is 0.199. The molecule has 0 unspecified atom stereocenters. The van der Waals surface area contributed by atoms with Crippen LogP contribution in [0.5, 0.6) is 5.75 Å². The molecule has 0 radical (unpaired) electrons. The largest absolute Gasteiger partial charge is 0.497 e. The van der Waals surface area contributed by atoms with Crippen LogP contribution in [-0.4, -0.2) is 12.9 Å². The van der Waals surface area contributed by atoms with Crippen molar-refractivity contribution in [3.63, 3.8) is 0 Å². The van der Waals surface area contributed by atoms with Crippen molar-refractivity contribution in [1.29, 1.82) is 0 Å². The Hall–Kier alpha value is -1.61. The average Bonchev–Trinajstić information content (AvgIpc) is 2.50. The van der Waals surface area contributed by atoms with Crippen molar-refractivity contribution in [3.8, 4) is 5.75 Å². The smallest absolute Gasteiger partial charge is 0.162 e. The molecule has 0 amide bonds. The number of ether oxygens (including phenoxy) is 1. The molecule has 0 N–H and O–H groups in total. The summed E-state index contributed by atoms with van der Waals surface area (Å²) in [6.45, 7) is 0. The van der Waals surface area contributed by atoms with Crippen LogP contribution in [0.2, 0.25) is 0 Å². The normalized spacial score (nSPS) is 10.3. The zero-order chi connectivity index (χ0) is 14.4. The molecule has 0 bridgehead atoms. The molecule has 20 heavy (non-hydrogen) atoms. The molecule has 0 heterocycles. The van der Waals surface area contributed by atoms with Crippen LogP contribution in [0.4, 0.5) is 0 Å². The molecule has 3 heteroatoms. The van der Waals surface area contributed by atoms with Crippen LogP contribution in [0.25, 0.3) is 0 Å². The first-order chi connectivity index (χ1) is 9.70. The van der Waals surface area contributed by atoms with Crippen LogP contribution < -0.4 is 4.74 Å². The fraction of sp³-hybridized carbons (Fsp3) is 0.235. The van der Waals surface area contributed by atoms with Gasteiger partial charge in [-0.3, -0.25) is 4.79 Å². The van der Waals surface area contributed by atoms with E-state index in [1.807, 2.05) is 48.5 Å². The van der Waals surface area contributed by atoms with E-state index < -0.39 is 0 Å². The van der Waals surface area contributed by atoms with Crippen molar-refractivity contribution < 1.29 is 9.53 Å². The van der Waals surface area contributed by atoms with E-state index in [0.717, 1.165) is 28.6 Å². The zero-order valence-electron chi connectivity index (χ0n) is 11.4. The topological polar surface area (TPSA) is 26.3 Å². The Balaban J connectivity index is 1.91. The summed E-state index contributed by atoms with van der Waals surface area (Å²) in [5, 5.41) is 0. The minimum absolute atomic E-state index is 0.199. The van der Waals surface area contributed by atoms with E-state index in [1.165, 1.54) is 5.56 Å². The Kier molecular flexibility index (Phi) is 5.36. The minimum Gasteiger partial charge on any atom is -0.497 e. The van der Waals surface area contributed by atoms with Crippen LogP contribution in [0, 0.1) is 0 Å². The summed E-state index contributed by atoms with van der Waals surface area (Å²) in [7, 11) is 1.66. The van der Waals surface area contributed by atoms with Gasteiger partial charge in [0.2, 0.25) is 0 Å². The number of methoxy groups -OCH3 is 1. The van der Waals surface area contributed by atoms with Crippen molar-refractivity contribution in [3.05, 3.63) is 64.1 Å². The first-order valence-electron chi connectivity index (χ1n) is 6.61. The maximum atomic E-state index is 12.0. The lowest BCUT2D eigenvalue weighted by atomic mass is 10.0. The second-order valence-corrected chi connectivity index (χ2v) is 5.45. The molecule has 0 aliphatic rings. The van der Waals surface area contributed by atoms with Crippen molar-refractivity contribution in [1.82, 2.24) is 0 Å². The Labute approximate surface area is 127 Å². The maximum Gasteiger partial charge on any atom is 0.162 e. The highest BCUT2D eigenvalue weighted by Gasteiger charge is 2.07. The number of halogens is 1. The average molecular weight is 333 g/mol. The molecule has 0 fully saturated rings. The van der Waals surface area contributed by atoms with Gasteiger partial charge in [0.05, 0.1) is 7.11 Å². The van der Waals surface area contributed by atoms with Crippen molar-refractivity contribution >= 4 is 21.7 Å². The fourth-order valence-corrected chi connectivity index (χ4v) is 2.52. The molecular formula is C17H17BrO2. The third-order valence-corrected chi connectivity index (χ3v) is 3.97. The lowest BCUT2D eigenvalue weighted by molar-refractivity contribution is 0.0980. The summed E-state index contributed by atoms with van der Waals surface area (Å²) in [6.07, 6.45) is 2.25. The Bertz CT molecular complexity index is 579. The van der Waals surface area contributed by atoms with Crippen LogP contribution in [0.3, 0.4) is 0 Å². The summed E-state index contributed by atoms with van der Waals surface area (Å²) >= 11 is 3.53. The molecule has 2 nitrogen and oxygen atoms in total. The Morgan fingerprint density at radius 2 is 1.90 bits per heavy atom. The SMILES string of the molecule is COc1ccc(Br)c(CCCC(=O)c2ccccc2)c1. The molecule has 0 spiro atoms. The monoisotopic (exact) mass is 332 g/mol. The van der Waals surface area contributed by atoms with Gasteiger partial charge < -0.3 is 4.74 Å². The molecule has 104 valence electrons. The molecule has 2 rings (SSSR count). The third kappa shape index (κ3) is 3.94. The first kappa shape index (κ1) is 14.8. The lowest BCUT2D eigenvalue weighted by Gasteiger charge is -2.07. The standard InChI is InChI=1S/C17H17BrO2/c1-20-15-10-11-16(18)14(12-15)8-5-9-17(19)13-6-3-2-4-7-13/h2-4,6-7,10-12H,5,8-9H2,1H3. The van der Waals surface area contributed by atoms with Gasteiger partial charge in [-0.25, -0.2) is 0 Å². The molecule has 0 aliphatic carbocycles. The highest BCUT2D eigenvalue weighted by molar-refractivity contribution is 9.10. The zero-order valence-corrected chi connectivity index (χ0v) is 13.0. The van der Waals surface area contributed by atoms with E-state index in [9.17, 15) is 4.79 Å². The fourth-order valence-electron chi connectivity index (χ4n) is 2.08. The third-order valence-electron chi connectivity index (χ3n) is 3.20. The van der Waals surface area contributed by atoms with Crippen molar-refractivity contribution in [2.24, 2.45) is 0 Å². The van der Waals surface area contributed by atoms with E-state index >= 15 is 0 Å². The van der Waals surface area contributed by atoms with Crippen LogP contribution in [0.1, 0.15) is 28.8 Å². The molecular weight excluding hydrogens is 316 g/mol. The van der Waals surface area contributed by atoms with Gasteiger partial charge in [0.15, 0.2) is 5.78 Å². The number of hydrogen-bond donors (Lipinski definition) is 0. The summed E-state index contributed by atoms with van der Waals surface area (Å²) in [5.41, 5.74) is 1.96. The molecule has 2 aromatic carbocycles. The van der Waals surface area contributed by atoms with Gasteiger partial charge >= 0.3 is 0 Å². The predicted molar refractivity (Wildman–Crippen MR) is 84.4 cm³/mol. The number of ketones is 1. The highest BCUT2D eigenvalue weighted by atomic mass is 79.9. The molecule has 0 saturated carbocycles. The molecule has 0 saturated heterocycles. The second-order valence-electron chi connectivity index (χ2n) is 4.60. The van der Waals surface area contributed by atoms with E-state index in [2.05, 4.69) is 15.9 Å². The Morgan fingerprint density at radius 1 is 1.15 bits per heavy atom. The van der Waals surface area contributed by atoms with E-state index in [0.29, 0.717) is 6.42 Å². The van der Waals surface area contributed by atoms with E-state index in [1.54, 1.807) is 7.11 Å². The van der Waals surface area contributed by atoms with E-state index in [4.69, 9.17) is 4.74 Å². The number of aryl methyl sites for hydroxylation is 1. The molecule has 2 aromatic rings. The van der Waals surface area contributed by atoms with Crippen LogP contribution in [-0.2, 0) is 6.42 Å². The number of rotatable bonds is 6. The maximum absolute atomic E-state index is 12.0. The molecule has 0 aromatic heterocycles. The van der Waals surface area contributed by atoms with E-state index in [-0.39, 0.29) is 5.78 Å². The van der Waals surface area contributed by atoms with Gasteiger partial charge in [0.25, 0.3) is 0 Å². The van der Waals surface area contributed by atoms with Gasteiger partial charge in [0.1, 0.15) is 5.75 Å². The quantitative estimate of drug-likeness (QED) is 0.719. The number of Topliss-reactive ketones (excluding diaryl/α,β-unsaturated/α-hetero) is 1. The Morgan fingerprint density at radius 3 is 2.60 bits per heavy atom. The predicted octanol–water partition coefficient (Wildman–Crippen LogP) is 4.66. The van der Waals surface area contributed by atoms with Crippen LogP contribution in [0.15, 0.2) is 53.0 Å². The van der Waals surface area contributed by atoms with Crippen LogP contribution >= 0.6 is 15.9 Å². The van der Waals surface area contributed by atoms with Gasteiger partial charge in [-0.15, -0.1) is 0 Å². The molecule has 0 aliphatic heterocycles. The number of hydrogen-bond acceptors (Lipinski definition) is 2.